The molecule has 0 amide bonds. The maximum atomic E-state index is 4.24. The predicted octanol–water partition coefficient (Wildman–Crippen LogP) is 6.17. The van der Waals surface area contributed by atoms with Crippen LogP contribution < -0.4 is 0 Å². The Hall–Kier alpha value is 0.710. The maximum Gasteiger partial charge on any atom is 4.00 e. The fourth-order valence-corrected chi connectivity index (χ4v) is 3.16. The SMILES string of the molecule is CC1CCC[N-]1.CC1CCC[N-]1.CC1CCC[N-]1.CC1CCC[N-]1.[Hf+4]. The topological polar surface area (TPSA) is 56.4 Å². The summed E-state index contributed by atoms with van der Waals surface area (Å²) in [6.07, 6.45) is 10.6. The first kappa shape index (κ1) is 25.7. The van der Waals surface area contributed by atoms with Crippen LogP contribution >= 0.6 is 0 Å². The van der Waals surface area contributed by atoms with Gasteiger partial charge in [-0.05, 0) is 0 Å². The molecule has 25 heavy (non-hydrogen) atoms. The molecule has 4 aliphatic heterocycles. The quantitative estimate of drug-likeness (QED) is 0.347. The summed E-state index contributed by atoms with van der Waals surface area (Å²) in [6.45, 7) is 13.1. The summed E-state index contributed by atoms with van der Waals surface area (Å²) in [5, 5.41) is 16.9. The van der Waals surface area contributed by atoms with E-state index in [0.29, 0.717) is 24.2 Å². The second-order valence-electron chi connectivity index (χ2n) is 7.59. The van der Waals surface area contributed by atoms with Crippen LogP contribution in [0.25, 0.3) is 21.3 Å². The minimum atomic E-state index is 0. The summed E-state index contributed by atoms with van der Waals surface area (Å²) in [5.74, 6) is 0. The van der Waals surface area contributed by atoms with E-state index in [1.807, 2.05) is 0 Å². The number of nitrogens with zero attached hydrogens (tertiary/aromatic N) is 4. The molecule has 0 spiro atoms. The summed E-state index contributed by atoms with van der Waals surface area (Å²) in [5.41, 5.74) is 0. The molecule has 4 aliphatic rings. The van der Waals surface area contributed by atoms with E-state index in [2.05, 4.69) is 49.0 Å². The Morgan fingerprint density at radius 2 is 0.640 bits per heavy atom. The van der Waals surface area contributed by atoms with Gasteiger partial charge in [-0.15, -0.1) is 50.3 Å². The molecule has 0 saturated carbocycles. The van der Waals surface area contributed by atoms with Crippen molar-refractivity contribution in [3.05, 3.63) is 21.3 Å². The third-order valence-electron chi connectivity index (χ3n) is 4.88. The van der Waals surface area contributed by atoms with E-state index in [9.17, 15) is 0 Å². The van der Waals surface area contributed by atoms with Crippen molar-refractivity contribution in [2.45, 2.75) is 103 Å². The van der Waals surface area contributed by atoms with E-state index in [1.54, 1.807) is 0 Å². The van der Waals surface area contributed by atoms with Gasteiger partial charge in [0.05, 0.1) is 0 Å². The Morgan fingerprint density at radius 3 is 0.680 bits per heavy atom. The zero-order valence-electron chi connectivity index (χ0n) is 17.1. The van der Waals surface area contributed by atoms with Crippen LogP contribution in [0, 0.1) is 0 Å². The van der Waals surface area contributed by atoms with Crippen LogP contribution in [0.4, 0.5) is 0 Å². The first-order valence-corrected chi connectivity index (χ1v) is 10.2. The summed E-state index contributed by atoms with van der Waals surface area (Å²) >= 11 is 0. The molecule has 4 heterocycles. The van der Waals surface area contributed by atoms with Gasteiger partial charge < -0.3 is 21.3 Å². The minimum Gasteiger partial charge on any atom is -0.660 e. The Kier molecular flexibility index (Phi) is 17.3. The van der Waals surface area contributed by atoms with Crippen molar-refractivity contribution in [3.8, 4) is 0 Å². The van der Waals surface area contributed by atoms with Crippen molar-refractivity contribution in [1.82, 2.24) is 0 Å². The zero-order chi connectivity index (χ0) is 17.6. The molecule has 4 saturated heterocycles. The monoisotopic (exact) mass is 516 g/mol. The van der Waals surface area contributed by atoms with Crippen LogP contribution in [0.3, 0.4) is 0 Å². The van der Waals surface area contributed by atoms with Gasteiger partial charge in [0.15, 0.2) is 0 Å². The van der Waals surface area contributed by atoms with Crippen LogP contribution in [0.5, 0.6) is 0 Å². The van der Waals surface area contributed by atoms with Crippen molar-refractivity contribution in [2.75, 3.05) is 26.2 Å². The fourth-order valence-electron chi connectivity index (χ4n) is 3.16. The van der Waals surface area contributed by atoms with Crippen molar-refractivity contribution >= 4 is 0 Å². The first-order valence-electron chi connectivity index (χ1n) is 10.2. The second kappa shape index (κ2) is 16.9. The van der Waals surface area contributed by atoms with E-state index in [4.69, 9.17) is 0 Å². The molecule has 4 rings (SSSR count). The number of hydrogen-bond donors (Lipinski definition) is 0. The first-order chi connectivity index (χ1) is 11.6. The minimum absolute atomic E-state index is 0. The molecule has 0 radical (unpaired) electrons. The largest absolute Gasteiger partial charge is 4.00 e. The molecular weight excluding hydrogens is 475 g/mol. The van der Waals surface area contributed by atoms with Crippen LogP contribution in [0.1, 0.15) is 79.1 Å². The molecule has 5 heteroatoms. The van der Waals surface area contributed by atoms with E-state index >= 15 is 0 Å². The van der Waals surface area contributed by atoms with Gasteiger partial charge in [0.1, 0.15) is 0 Å². The van der Waals surface area contributed by atoms with Gasteiger partial charge in [-0.25, -0.2) is 0 Å². The third-order valence-corrected chi connectivity index (χ3v) is 4.88. The van der Waals surface area contributed by atoms with Gasteiger partial charge >= 0.3 is 25.8 Å². The van der Waals surface area contributed by atoms with Gasteiger partial charge in [-0.1, -0.05) is 79.1 Å². The van der Waals surface area contributed by atoms with Gasteiger partial charge in [0, 0.05) is 0 Å². The Bertz CT molecular complexity index is 211. The van der Waals surface area contributed by atoms with Gasteiger partial charge in [0.25, 0.3) is 0 Å². The van der Waals surface area contributed by atoms with E-state index < -0.39 is 0 Å². The normalized spacial score (nSPS) is 33.1. The molecule has 0 aromatic rings. The van der Waals surface area contributed by atoms with E-state index in [1.165, 1.54) is 51.4 Å². The molecule has 4 unspecified atom stereocenters. The van der Waals surface area contributed by atoms with E-state index in [0.717, 1.165) is 26.2 Å². The Labute approximate surface area is 176 Å². The molecule has 0 N–H and O–H groups in total. The average molecular weight is 515 g/mol. The molecule has 0 bridgehead atoms. The summed E-state index contributed by atoms with van der Waals surface area (Å²) in [7, 11) is 0. The molecule has 0 aromatic carbocycles. The Morgan fingerprint density at radius 1 is 0.440 bits per heavy atom. The van der Waals surface area contributed by atoms with Crippen molar-refractivity contribution in [3.63, 3.8) is 0 Å². The second-order valence-corrected chi connectivity index (χ2v) is 7.59. The molecule has 144 valence electrons. The fraction of sp³-hybridized carbons (Fsp3) is 1.00. The predicted molar refractivity (Wildman–Crippen MR) is 108 cm³/mol. The van der Waals surface area contributed by atoms with E-state index in [-0.39, 0.29) is 25.8 Å². The molecule has 4 nitrogen and oxygen atoms in total. The zero-order valence-corrected chi connectivity index (χ0v) is 20.7. The molecule has 4 fully saturated rings. The number of hydrogen-bond acceptors (Lipinski definition) is 0. The molecular formula is C20H40HfN4. The summed E-state index contributed by atoms with van der Waals surface area (Å²) in [4.78, 5) is 0. The van der Waals surface area contributed by atoms with Crippen LogP contribution in [0.2, 0.25) is 0 Å². The molecule has 0 aliphatic carbocycles. The summed E-state index contributed by atoms with van der Waals surface area (Å²) < 4.78 is 0. The van der Waals surface area contributed by atoms with Crippen molar-refractivity contribution < 1.29 is 25.8 Å². The molecule has 0 aromatic heterocycles. The van der Waals surface area contributed by atoms with Gasteiger partial charge in [-0.3, -0.25) is 0 Å². The van der Waals surface area contributed by atoms with Gasteiger partial charge in [-0.2, -0.15) is 0 Å². The van der Waals surface area contributed by atoms with Crippen LogP contribution in [0.15, 0.2) is 0 Å². The van der Waals surface area contributed by atoms with Crippen LogP contribution in [-0.4, -0.2) is 50.3 Å². The third kappa shape index (κ3) is 15.5. The van der Waals surface area contributed by atoms with Crippen LogP contribution in [-0.2, 0) is 25.8 Å². The average Bonchev–Trinajstić information content (AvgIpc) is 3.31. The smallest absolute Gasteiger partial charge is 0.660 e. The molecule has 4 atom stereocenters. The van der Waals surface area contributed by atoms with Gasteiger partial charge in [0.2, 0.25) is 0 Å². The standard InChI is InChI=1S/4C5H10N.Hf/c4*1-5-3-2-4-6-5;/h4*5H,2-4H2,1H3;/q4*-1;+4. The van der Waals surface area contributed by atoms with Crippen molar-refractivity contribution in [1.29, 1.82) is 0 Å². The number of rotatable bonds is 0. The summed E-state index contributed by atoms with van der Waals surface area (Å²) in [6, 6.07) is 2.69. The van der Waals surface area contributed by atoms with Crippen molar-refractivity contribution in [2.24, 2.45) is 0 Å². The maximum absolute atomic E-state index is 4.24. The Balaban J connectivity index is 0.000000303.